The molecule has 0 radical (unpaired) electrons. The van der Waals surface area contributed by atoms with Crippen LogP contribution in [0.5, 0.6) is 0 Å². The first-order valence-electron chi connectivity index (χ1n) is 7.45. The van der Waals surface area contributed by atoms with Gasteiger partial charge >= 0.3 is 12.0 Å². The van der Waals surface area contributed by atoms with Crippen molar-refractivity contribution in [2.24, 2.45) is 5.92 Å². The minimum atomic E-state index is -0.794. The van der Waals surface area contributed by atoms with E-state index >= 15 is 0 Å². The van der Waals surface area contributed by atoms with E-state index < -0.39 is 5.97 Å². The van der Waals surface area contributed by atoms with Crippen molar-refractivity contribution < 1.29 is 14.7 Å². The highest BCUT2D eigenvalue weighted by Gasteiger charge is 2.12. The highest BCUT2D eigenvalue weighted by Crippen LogP contribution is 2.24. The summed E-state index contributed by atoms with van der Waals surface area (Å²) in [5.41, 5.74) is 3.51. The number of aliphatic carboxylic acids is 1. The van der Waals surface area contributed by atoms with Gasteiger partial charge in [-0.25, -0.2) is 4.79 Å². The Balaban J connectivity index is 1.71. The lowest BCUT2D eigenvalue weighted by Gasteiger charge is -2.10. The number of carbonyl (C=O) groups is 2. The quantitative estimate of drug-likeness (QED) is 0.705. The Bertz CT molecular complexity index is 528. The number of urea groups is 1. The van der Waals surface area contributed by atoms with Gasteiger partial charge in [0.25, 0.3) is 0 Å². The number of anilines is 1. The van der Waals surface area contributed by atoms with E-state index in [0.717, 1.165) is 18.5 Å². The van der Waals surface area contributed by atoms with Gasteiger partial charge in [0, 0.05) is 12.2 Å². The lowest BCUT2D eigenvalue weighted by Crippen LogP contribution is -2.30. The number of hydrogen-bond donors (Lipinski definition) is 3. The highest BCUT2D eigenvalue weighted by atomic mass is 16.4. The van der Waals surface area contributed by atoms with Gasteiger partial charge in [0.2, 0.25) is 0 Å². The van der Waals surface area contributed by atoms with E-state index in [4.69, 9.17) is 5.11 Å². The Kier molecular flexibility index (Phi) is 5.20. The van der Waals surface area contributed by atoms with Crippen molar-refractivity contribution in [3.63, 3.8) is 0 Å². The molecule has 114 valence electrons. The lowest BCUT2D eigenvalue weighted by atomic mass is 10.1. The van der Waals surface area contributed by atoms with Crippen molar-refractivity contribution in [2.75, 3.05) is 11.9 Å². The third-order valence-corrected chi connectivity index (χ3v) is 3.88. The molecule has 0 heterocycles. The van der Waals surface area contributed by atoms with E-state index in [1.807, 2.05) is 12.1 Å². The normalized spacial score (nSPS) is 14.3. The van der Waals surface area contributed by atoms with Gasteiger partial charge in [0.1, 0.15) is 0 Å². The standard InChI is InChI=1S/C16H22N2O3/c1-11(15(19)20)4-3-9-17-16(21)18-14-8-7-12-5-2-6-13(12)10-14/h7-8,10-11H,2-6,9H2,1H3,(H,19,20)(H2,17,18,21). The number of hydrogen-bond acceptors (Lipinski definition) is 2. The van der Waals surface area contributed by atoms with Crippen LogP contribution in [0.15, 0.2) is 18.2 Å². The number of fused-ring (bicyclic) bond motifs is 1. The molecule has 1 unspecified atom stereocenters. The number of amides is 2. The minimum absolute atomic E-state index is 0.240. The Morgan fingerprint density at radius 1 is 1.29 bits per heavy atom. The molecule has 21 heavy (non-hydrogen) atoms. The summed E-state index contributed by atoms with van der Waals surface area (Å²) >= 11 is 0. The van der Waals surface area contributed by atoms with E-state index in [1.165, 1.54) is 17.5 Å². The summed E-state index contributed by atoms with van der Waals surface area (Å²) in [5.74, 6) is -1.16. The second-order valence-electron chi connectivity index (χ2n) is 5.60. The van der Waals surface area contributed by atoms with Crippen molar-refractivity contribution >= 4 is 17.7 Å². The molecule has 0 saturated carbocycles. The summed E-state index contributed by atoms with van der Waals surface area (Å²) in [7, 11) is 0. The molecule has 1 aromatic rings. The van der Waals surface area contributed by atoms with Crippen LogP contribution in [0.3, 0.4) is 0 Å². The third kappa shape index (κ3) is 4.48. The smallest absolute Gasteiger partial charge is 0.319 e. The third-order valence-electron chi connectivity index (χ3n) is 3.88. The van der Waals surface area contributed by atoms with Crippen LogP contribution in [-0.4, -0.2) is 23.7 Å². The van der Waals surface area contributed by atoms with E-state index in [2.05, 4.69) is 16.7 Å². The molecular weight excluding hydrogens is 268 g/mol. The molecule has 0 bridgehead atoms. The van der Waals surface area contributed by atoms with Gasteiger partial charge in [-0.05, 0) is 55.4 Å². The zero-order chi connectivity index (χ0) is 15.2. The molecule has 0 fully saturated rings. The Labute approximate surface area is 124 Å². The summed E-state index contributed by atoms with van der Waals surface area (Å²) in [4.78, 5) is 22.4. The predicted molar refractivity (Wildman–Crippen MR) is 81.5 cm³/mol. The van der Waals surface area contributed by atoms with Crippen LogP contribution in [0.2, 0.25) is 0 Å². The van der Waals surface area contributed by atoms with Gasteiger partial charge in [-0.15, -0.1) is 0 Å². The van der Waals surface area contributed by atoms with Crippen LogP contribution in [0.25, 0.3) is 0 Å². The maximum Gasteiger partial charge on any atom is 0.319 e. The lowest BCUT2D eigenvalue weighted by molar-refractivity contribution is -0.141. The maximum atomic E-state index is 11.8. The minimum Gasteiger partial charge on any atom is -0.481 e. The van der Waals surface area contributed by atoms with Crippen molar-refractivity contribution in [2.45, 2.75) is 39.0 Å². The molecule has 1 atom stereocenters. The Morgan fingerprint density at radius 3 is 2.81 bits per heavy atom. The second-order valence-corrected chi connectivity index (χ2v) is 5.60. The largest absolute Gasteiger partial charge is 0.481 e. The van der Waals surface area contributed by atoms with Crippen LogP contribution >= 0.6 is 0 Å². The molecule has 3 N–H and O–H groups in total. The van der Waals surface area contributed by atoms with E-state index in [0.29, 0.717) is 19.4 Å². The molecule has 0 spiro atoms. The highest BCUT2D eigenvalue weighted by molar-refractivity contribution is 5.89. The average molecular weight is 290 g/mol. The van der Waals surface area contributed by atoms with E-state index in [-0.39, 0.29) is 11.9 Å². The van der Waals surface area contributed by atoms with Crippen LogP contribution in [-0.2, 0) is 17.6 Å². The van der Waals surface area contributed by atoms with Gasteiger partial charge in [-0.1, -0.05) is 13.0 Å². The molecule has 1 aromatic carbocycles. The second kappa shape index (κ2) is 7.11. The first-order chi connectivity index (χ1) is 10.1. The van der Waals surface area contributed by atoms with Crippen molar-refractivity contribution in [3.05, 3.63) is 29.3 Å². The van der Waals surface area contributed by atoms with Crippen LogP contribution in [0, 0.1) is 5.92 Å². The van der Waals surface area contributed by atoms with Crippen molar-refractivity contribution in [1.82, 2.24) is 5.32 Å². The number of carbonyl (C=O) groups excluding carboxylic acids is 1. The number of aryl methyl sites for hydroxylation is 2. The average Bonchev–Trinajstić information content (AvgIpc) is 2.90. The summed E-state index contributed by atoms with van der Waals surface area (Å²) in [6.07, 6.45) is 4.62. The van der Waals surface area contributed by atoms with Gasteiger partial charge in [0.15, 0.2) is 0 Å². The fraction of sp³-hybridized carbons (Fsp3) is 0.500. The molecule has 5 nitrogen and oxygen atoms in total. The molecule has 2 amide bonds. The first kappa shape index (κ1) is 15.4. The molecule has 0 saturated heterocycles. The van der Waals surface area contributed by atoms with E-state index in [9.17, 15) is 9.59 Å². The molecule has 5 heteroatoms. The summed E-state index contributed by atoms with van der Waals surface area (Å²) in [6.45, 7) is 2.15. The van der Waals surface area contributed by atoms with Gasteiger partial charge in [-0.2, -0.15) is 0 Å². The van der Waals surface area contributed by atoms with Crippen molar-refractivity contribution in [1.29, 1.82) is 0 Å². The molecule has 2 rings (SSSR count). The summed E-state index contributed by atoms with van der Waals surface area (Å²) in [6, 6.07) is 5.80. The summed E-state index contributed by atoms with van der Waals surface area (Å²) < 4.78 is 0. The molecule has 0 aliphatic heterocycles. The zero-order valence-corrected chi connectivity index (χ0v) is 12.3. The van der Waals surface area contributed by atoms with Gasteiger partial charge < -0.3 is 15.7 Å². The zero-order valence-electron chi connectivity index (χ0n) is 12.3. The number of benzene rings is 1. The monoisotopic (exact) mass is 290 g/mol. The first-order valence-corrected chi connectivity index (χ1v) is 7.45. The molecule has 0 aromatic heterocycles. The topological polar surface area (TPSA) is 78.4 Å². The van der Waals surface area contributed by atoms with Gasteiger partial charge in [-0.3, -0.25) is 4.79 Å². The number of nitrogens with one attached hydrogen (secondary N) is 2. The Hall–Kier alpha value is -2.04. The van der Waals surface area contributed by atoms with Gasteiger partial charge in [0.05, 0.1) is 5.92 Å². The fourth-order valence-corrected chi connectivity index (χ4v) is 2.56. The molecular formula is C16H22N2O3. The SMILES string of the molecule is CC(CCCNC(=O)Nc1ccc2c(c1)CCC2)C(=O)O. The van der Waals surface area contributed by atoms with E-state index in [1.54, 1.807) is 6.92 Å². The molecule has 1 aliphatic rings. The van der Waals surface area contributed by atoms with Crippen LogP contribution in [0.4, 0.5) is 10.5 Å². The number of rotatable bonds is 6. The predicted octanol–water partition coefficient (Wildman–Crippen LogP) is 2.80. The maximum absolute atomic E-state index is 11.8. The Morgan fingerprint density at radius 2 is 2.05 bits per heavy atom. The fourth-order valence-electron chi connectivity index (χ4n) is 2.56. The van der Waals surface area contributed by atoms with Crippen LogP contribution < -0.4 is 10.6 Å². The molecule has 1 aliphatic carbocycles. The van der Waals surface area contributed by atoms with Crippen molar-refractivity contribution in [3.8, 4) is 0 Å². The summed E-state index contributed by atoms with van der Waals surface area (Å²) in [5, 5.41) is 14.3. The van der Waals surface area contributed by atoms with Crippen LogP contribution in [0.1, 0.15) is 37.3 Å². The number of carboxylic acids is 1. The number of carboxylic acid groups (broad SMARTS) is 1.